The summed E-state index contributed by atoms with van der Waals surface area (Å²) in [6.07, 6.45) is 8.85. The fourth-order valence-corrected chi connectivity index (χ4v) is 2.80. The van der Waals surface area contributed by atoms with Gasteiger partial charge in [-0.1, -0.05) is 12.1 Å². The van der Waals surface area contributed by atoms with Crippen molar-refractivity contribution in [3.63, 3.8) is 0 Å². The first kappa shape index (κ1) is 16.0. The lowest BCUT2D eigenvalue weighted by atomic mass is 10.3. The summed E-state index contributed by atoms with van der Waals surface area (Å²) < 4.78 is 3.41. The molecule has 5 aromatic heterocycles. The van der Waals surface area contributed by atoms with Crippen LogP contribution in [0.4, 0.5) is 0 Å². The van der Waals surface area contributed by atoms with E-state index in [9.17, 15) is 0 Å². The van der Waals surface area contributed by atoms with Crippen LogP contribution in [0.1, 0.15) is 0 Å². The zero-order valence-electron chi connectivity index (χ0n) is 14.7. The van der Waals surface area contributed by atoms with Crippen LogP contribution in [0.5, 0.6) is 0 Å². The molecule has 0 N–H and O–H groups in total. The Balaban J connectivity index is 1.46. The molecular formula is C20H14N8. The molecular weight excluding hydrogens is 352 g/mol. The molecule has 28 heavy (non-hydrogen) atoms. The number of hydrogen-bond acceptors (Lipinski definition) is 6. The molecule has 0 radical (unpaired) electrons. The van der Waals surface area contributed by atoms with Gasteiger partial charge in [0.15, 0.2) is 5.82 Å². The Hall–Kier alpha value is -4.20. The van der Waals surface area contributed by atoms with Crippen molar-refractivity contribution in [1.29, 1.82) is 0 Å². The second-order valence-corrected chi connectivity index (χ2v) is 5.99. The second kappa shape index (κ2) is 6.84. The van der Waals surface area contributed by atoms with Crippen LogP contribution in [-0.2, 0) is 0 Å². The molecule has 0 aliphatic rings. The lowest BCUT2D eigenvalue weighted by Crippen LogP contribution is -2.04. The van der Waals surface area contributed by atoms with E-state index in [1.165, 1.54) is 0 Å². The molecule has 0 saturated heterocycles. The Bertz CT molecular complexity index is 1120. The Morgan fingerprint density at radius 2 is 1.29 bits per heavy atom. The monoisotopic (exact) mass is 366 g/mol. The van der Waals surface area contributed by atoms with Crippen molar-refractivity contribution < 1.29 is 0 Å². The van der Waals surface area contributed by atoms with Crippen molar-refractivity contribution in [2.45, 2.75) is 0 Å². The molecule has 0 unspecified atom stereocenters. The van der Waals surface area contributed by atoms with Crippen LogP contribution in [0.25, 0.3) is 34.3 Å². The van der Waals surface area contributed by atoms with E-state index in [1.54, 1.807) is 28.0 Å². The predicted octanol–water partition coefficient (Wildman–Crippen LogP) is 2.97. The van der Waals surface area contributed by atoms with Crippen LogP contribution in [0, 0.1) is 0 Å². The summed E-state index contributed by atoms with van der Waals surface area (Å²) in [6, 6.07) is 17.1. The third-order valence-corrected chi connectivity index (χ3v) is 4.16. The zero-order chi connectivity index (χ0) is 18.8. The molecule has 0 spiro atoms. The summed E-state index contributed by atoms with van der Waals surface area (Å²) in [5.41, 5.74) is 3.95. The molecule has 5 aromatic rings. The molecule has 5 heterocycles. The summed E-state index contributed by atoms with van der Waals surface area (Å²) in [5.74, 6) is 0.592. The first-order valence-electron chi connectivity index (χ1n) is 8.64. The molecule has 5 rings (SSSR count). The van der Waals surface area contributed by atoms with Crippen LogP contribution in [0.2, 0.25) is 0 Å². The highest BCUT2D eigenvalue weighted by molar-refractivity contribution is 5.54. The van der Waals surface area contributed by atoms with Crippen molar-refractivity contribution >= 4 is 0 Å². The highest BCUT2D eigenvalue weighted by Gasteiger charge is 2.09. The van der Waals surface area contributed by atoms with E-state index >= 15 is 0 Å². The molecule has 0 aromatic carbocycles. The fourth-order valence-electron chi connectivity index (χ4n) is 2.80. The van der Waals surface area contributed by atoms with Crippen LogP contribution < -0.4 is 0 Å². The van der Waals surface area contributed by atoms with Crippen LogP contribution >= 0.6 is 0 Å². The van der Waals surface area contributed by atoms with Gasteiger partial charge in [-0.15, -0.1) is 5.10 Å². The van der Waals surface area contributed by atoms with Gasteiger partial charge in [-0.25, -0.2) is 9.36 Å². The van der Waals surface area contributed by atoms with Gasteiger partial charge >= 0.3 is 0 Å². The van der Waals surface area contributed by atoms with E-state index in [2.05, 4.69) is 30.4 Å². The molecule has 0 aliphatic heterocycles. The van der Waals surface area contributed by atoms with Gasteiger partial charge in [0.2, 0.25) is 0 Å². The largest absolute Gasteiger partial charge is 0.255 e. The lowest BCUT2D eigenvalue weighted by molar-refractivity contribution is 0.796. The van der Waals surface area contributed by atoms with Crippen molar-refractivity contribution in [1.82, 2.24) is 39.7 Å². The quantitative estimate of drug-likeness (QED) is 0.486. The number of hydrogen-bond donors (Lipinski definition) is 0. The van der Waals surface area contributed by atoms with Gasteiger partial charge in [-0.3, -0.25) is 9.97 Å². The fraction of sp³-hybridized carbons (Fsp3) is 0. The smallest absolute Gasteiger partial charge is 0.177 e. The van der Waals surface area contributed by atoms with Crippen molar-refractivity contribution in [2.75, 3.05) is 0 Å². The second-order valence-electron chi connectivity index (χ2n) is 5.99. The molecule has 0 saturated carbocycles. The van der Waals surface area contributed by atoms with Crippen molar-refractivity contribution in [3.8, 4) is 34.3 Å². The van der Waals surface area contributed by atoms with E-state index in [4.69, 9.17) is 0 Å². The average molecular weight is 366 g/mol. The summed E-state index contributed by atoms with van der Waals surface area (Å²) in [6.45, 7) is 0. The van der Waals surface area contributed by atoms with Gasteiger partial charge in [0.25, 0.3) is 0 Å². The van der Waals surface area contributed by atoms with Gasteiger partial charge in [0.05, 0.1) is 23.3 Å². The average Bonchev–Trinajstić information content (AvgIpc) is 3.46. The van der Waals surface area contributed by atoms with Gasteiger partial charge in [0, 0.05) is 30.9 Å². The standard InChI is InChI=1S/C20H14N8/c1-3-9-21-16(5-1)18-7-11-27(25-18)15-13-20(24-23-14-15)28-12-8-19(26-28)17-6-2-4-10-22-17/h1-14H. The lowest BCUT2D eigenvalue weighted by Gasteiger charge is -2.04. The number of pyridine rings is 2. The maximum absolute atomic E-state index is 4.59. The molecule has 0 aliphatic carbocycles. The molecule has 0 amide bonds. The minimum Gasteiger partial charge on any atom is -0.255 e. The van der Waals surface area contributed by atoms with Crippen molar-refractivity contribution in [3.05, 3.63) is 85.6 Å². The van der Waals surface area contributed by atoms with E-state index in [-0.39, 0.29) is 0 Å². The number of nitrogens with zero attached hydrogens (tertiary/aromatic N) is 8. The maximum atomic E-state index is 4.59. The molecule has 0 bridgehead atoms. The predicted molar refractivity (Wildman–Crippen MR) is 103 cm³/mol. The number of aromatic nitrogens is 8. The first-order chi connectivity index (χ1) is 13.9. The van der Waals surface area contributed by atoms with Crippen LogP contribution in [0.15, 0.2) is 85.6 Å². The van der Waals surface area contributed by atoms with E-state index < -0.39 is 0 Å². The van der Waals surface area contributed by atoms with Crippen LogP contribution in [-0.4, -0.2) is 39.7 Å². The Kier molecular flexibility index (Phi) is 3.91. The molecule has 0 atom stereocenters. The van der Waals surface area contributed by atoms with E-state index in [1.807, 2.05) is 67.0 Å². The summed E-state index contributed by atoms with van der Waals surface area (Å²) in [5, 5.41) is 17.4. The third kappa shape index (κ3) is 3.03. The zero-order valence-corrected chi connectivity index (χ0v) is 14.7. The van der Waals surface area contributed by atoms with Gasteiger partial charge in [-0.2, -0.15) is 15.3 Å². The van der Waals surface area contributed by atoms with Gasteiger partial charge < -0.3 is 0 Å². The molecule has 0 fully saturated rings. The van der Waals surface area contributed by atoms with Crippen LogP contribution in [0.3, 0.4) is 0 Å². The summed E-state index contributed by atoms with van der Waals surface area (Å²) in [4.78, 5) is 8.65. The third-order valence-electron chi connectivity index (χ3n) is 4.16. The Morgan fingerprint density at radius 1 is 0.643 bits per heavy atom. The van der Waals surface area contributed by atoms with Gasteiger partial charge in [-0.05, 0) is 36.4 Å². The highest BCUT2D eigenvalue weighted by Crippen LogP contribution is 2.18. The minimum atomic E-state index is 0.592. The van der Waals surface area contributed by atoms with E-state index in [0.29, 0.717) is 5.82 Å². The maximum Gasteiger partial charge on any atom is 0.177 e. The minimum absolute atomic E-state index is 0.592. The normalized spacial score (nSPS) is 10.9. The van der Waals surface area contributed by atoms with E-state index in [0.717, 1.165) is 28.5 Å². The molecule has 8 heteroatoms. The SMILES string of the molecule is c1ccc(-c2ccn(-c3cnnc(-n4ccc(-c5ccccn5)n4)c3)n2)nc1. The van der Waals surface area contributed by atoms with Crippen molar-refractivity contribution in [2.24, 2.45) is 0 Å². The topological polar surface area (TPSA) is 87.2 Å². The summed E-state index contributed by atoms with van der Waals surface area (Å²) in [7, 11) is 0. The number of rotatable bonds is 4. The highest BCUT2D eigenvalue weighted by atomic mass is 15.3. The molecule has 134 valence electrons. The molecule has 8 nitrogen and oxygen atoms in total. The first-order valence-corrected chi connectivity index (χ1v) is 8.64. The Morgan fingerprint density at radius 3 is 1.93 bits per heavy atom. The summed E-state index contributed by atoms with van der Waals surface area (Å²) >= 11 is 0. The Labute approximate surface area is 160 Å². The van der Waals surface area contributed by atoms with Gasteiger partial charge in [0.1, 0.15) is 11.4 Å².